The van der Waals surface area contributed by atoms with Crippen LogP contribution < -0.4 is 14.8 Å². The molecule has 3 aliphatic rings. The molecule has 4 aromatic rings. The molecule has 0 saturated carbocycles. The van der Waals surface area contributed by atoms with Gasteiger partial charge in [-0.2, -0.15) is 5.10 Å². The molecule has 392 valence electrons. The summed E-state index contributed by atoms with van der Waals surface area (Å²) in [5, 5.41) is 41.4. The van der Waals surface area contributed by atoms with E-state index in [0.717, 1.165) is 16.7 Å². The Morgan fingerprint density at radius 1 is 0.781 bits per heavy atom. The van der Waals surface area contributed by atoms with Crippen molar-refractivity contribution in [1.82, 2.24) is 39.6 Å². The molecule has 4 heterocycles. The number of ether oxygens (including phenoxy) is 3. The van der Waals surface area contributed by atoms with Crippen molar-refractivity contribution in [3.8, 4) is 39.6 Å². The van der Waals surface area contributed by atoms with Crippen molar-refractivity contribution in [3.05, 3.63) is 81.5 Å². The number of amides is 2. The van der Waals surface area contributed by atoms with E-state index in [1.165, 1.54) is 0 Å². The van der Waals surface area contributed by atoms with Crippen LogP contribution in [-0.2, 0) is 35.4 Å². The number of aromatic nitrogens is 2. The number of morpholine rings is 1. The number of nitrogens with one attached hydrogen (secondary N) is 1. The third-order valence-corrected chi connectivity index (χ3v) is 13.2. The van der Waals surface area contributed by atoms with Crippen LogP contribution in [0, 0.1) is 0 Å². The number of carbonyl (C=O) groups is 5. The molecule has 0 bridgehead atoms. The molecule has 0 unspecified atom stereocenters. The summed E-state index contributed by atoms with van der Waals surface area (Å²) in [7, 11) is 1.58. The van der Waals surface area contributed by atoms with Gasteiger partial charge in [0.05, 0.1) is 75.7 Å². The van der Waals surface area contributed by atoms with Gasteiger partial charge in [-0.1, -0.05) is 46.6 Å². The van der Waals surface area contributed by atoms with Crippen LogP contribution in [0.5, 0.6) is 11.5 Å². The van der Waals surface area contributed by atoms with Gasteiger partial charge in [0.15, 0.2) is 5.69 Å². The fourth-order valence-electron chi connectivity index (χ4n) is 9.04. The number of carboxylic acid groups (broad SMARTS) is 3. The lowest BCUT2D eigenvalue weighted by Gasteiger charge is -2.41. The van der Waals surface area contributed by atoms with Gasteiger partial charge in [0, 0.05) is 91.7 Å². The molecule has 3 aromatic carbocycles. The first-order valence-electron chi connectivity index (χ1n) is 23.8. The minimum atomic E-state index is -1.04. The van der Waals surface area contributed by atoms with Crippen LogP contribution in [0.15, 0.2) is 59.8 Å². The monoisotopic (exact) mass is 1050 g/mol. The third kappa shape index (κ3) is 14.3. The van der Waals surface area contributed by atoms with E-state index in [4.69, 9.17) is 47.3 Å². The van der Waals surface area contributed by atoms with E-state index < -0.39 is 23.4 Å². The molecule has 0 atom stereocenters. The van der Waals surface area contributed by atoms with Crippen LogP contribution in [0.1, 0.15) is 42.4 Å². The molecule has 4 N–H and O–H groups in total. The second-order valence-corrected chi connectivity index (χ2v) is 19.5. The largest absolute Gasteiger partial charge is 0.496 e. The summed E-state index contributed by atoms with van der Waals surface area (Å²) in [5.41, 5.74) is 4.95. The van der Waals surface area contributed by atoms with Crippen molar-refractivity contribution in [3.63, 3.8) is 0 Å². The highest BCUT2D eigenvalue weighted by Gasteiger charge is 2.39. The molecule has 23 heteroatoms. The van der Waals surface area contributed by atoms with E-state index in [9.17, 15) is 39.3 Å². The summed E-state index contributed by atoms with van der Waals surface area (Å²) < 4.78 is 19.7. The number of aliphatic carboxylic acids is 3. The van der Waals surface area contributed by atoms with Gasteiger partial charge in [0.1, 0.15) is 24.7 Å². The normalized spacial score (nSPS) is 17.3. The quantitative estimate of drug-likeness (QED) is 0.0664. The third-order valence-electron chi connectivity index (χ3n) is 12.8. The molecule has 0 aliphatic carbocycles. The number of hydrogen-bond acceptors (Lipinski definition) is 15. The number of carboxylic acids is 3. The molecule has 3 aliphatic heterocycles. The maximum atomic E-state index is 14.4. The molecule has 2 fully saturated rings. The van der Waals surface area contributed by atoms with Crippen molar-refractivity contribution in [1.29, 1.82) is 0 Å². The highest BCUT2D eigenvalue weighted by Crippen LogP contribution is 2.47. The molecule has 0 radical (unpaired) electrons. The first-order valence-corrected chi connectivity index (χ1v) is 24.6. The summed E-state index contributed by atoms with van der Waals surface area (Å²) in [6.45, 7) is 8.59. The Morgan fingerprint density at radius 2 is 1.37 bits per heavy atom. The Labute approximate surface area is 432 Å². The Bertz CT molecular complexity index is 2660. The van der Waals surface area contributed by atoms with Gasteiger partial charge >= 0.3 is 17.9 Å². The molecular formula is C50H61Cl2N9O12. The smallest absolute Gasteiger partial charge is 0.317 e. The van der Waals surface area contributed by atoms with E-state index in [0.29, 0.717) is 82.6 Å². The summed E-state index contributed by atoms with van der Waals surface area (Å²) >= 11 is 13.0. The topological polar surface area (TPSA) is 241 Å². The average molecular weight is 1050 g/mol. The lowest BCUT2D eigenvalue weighted by molar-refractivity contribution is -0.140. The highest BCUT2D eigenvalue weighted by molar-refractivity contribution is 6.34. The summed E-state index contributed by atoms with van der Waals surface area (Å²) in [6, 6.07) is 16.5. The molecule has 73 heavy (non-hydrogen) atoms. The Hall–Kier alpha value is -6.33. The van der Waals surface area contributed by atoms with Gasteiger partial charge in [-0.3, -0.25) is 43.6 Å². The molecule has 21 nitrogen and oxygen atoms in total. The van der Waals surface area contributed by atoms with Crippen LogP contribution in [0.25, 0.3) is 28.1 Å². The summed E-state index contributed by atoms with van der Waals surface area (Å²) in [4.78, 5) is 76.8. The maximum absolute atomic E-state index is 14.4. The average Bonchev–Trinajstić information content (AvgIpc) is 3.73. The van der Waals surface area contributed by atoms with Crippen LogP contribution >= 0.6 is 23.2 Å². The fourth-order valence-corrected chi connectivity index (χ4v) is 9.56. The van der Waals surface area contributed by atoms with E-state index in [1.807, 2.05) is 55.1 Å². The van der Waals surface area contributed by atoms with Crippen molar-refractivity contribution in [2.24, 2.45) is 5.16 Å². The lowest BCUT2D eigenvalue weighted by Crippen LogP contribution is -2.55. The standard InChI is InChI=1S/C50H61Cl2N9O12/c1-32(55-73-18-8-53-43(62)26-56-9-11-57(27-44(63)64)13-15-59(29-46(67)68)16-14-58(12-10-56)28-45(65)66)33-6-5-7-34(20-33)38-24-39-42(25-41(38)70-4)72-30-40-47(49(69)60-17-19-71-31-50(60,2)3)54-61(48(39)40)37-22-35(51)21-36(52)23-37/h5-7,20-25H,8-19,26-31H2,1-4H3,(H,53,62)(H,63,64)(H,65,66)(H,67,68)/b55-32+. The van der Waals surface area contributed by atoms with Gasteiger partial charge < -0.3 is 44.6 Å². The lowest BCUT2D eigenvalue weighted by atomic mass is 9.94. The Kier molecular flexibility index (Phi) is 18.3. The summed E-state index contributed by atoms with van der Waals surface area (Å²) in [6.07, 6.45) is 0. The second-order valence-electron chi connectivity index (χ2n) is 18.6. The predicted molar refractivity (Wildman–Crippen MR) is 271 cm³/mol. The van der Waals surface area contributed by atoms with Gasteiger partial charge in [0.25, 0.3) is 5.91 Å². The zero-order chi connectivity index (χ0) is 52.4. The zero-order valence-corrected chi connectivity index (χ0v) is 42.8. The minimum Gasteiger partial charge on any atom is -0.496 e. The van der Waals surface area contributed by atoms with Gasteiger partial charge in [-0.25, -0.2) is 4.68 Å². The van der Waals surface area contributed by atoms with Gasteiger partial charge in [0.2, 0.25) is 5.91 Å². The van der Waals surface area contributed by atoms with Crippen LogP contribution in [0.2, 0.25) is 10.0 Å². The van der Waals surface area contributed by atoms with E-state index in [-0.39, 0.29) is 103 Å². The zero-order valence-electron chi connectivity index (χ0n) is 41.3. The van der Waals surface area contributed by atoms with Crippen molar-refractivity contribution in [2.45, 2.75) is 32.9 Å². The van der Waals surface area contributed by atoms with Crippen LogP contribution in [-0.4, -0.2) is 209 Å². The van der Waals surface area contributed by atoms with Gasteiger partial charge in [-0.15, -0.1) is 0 Å². The maximum Gasteiger partial charge on any atom is 0.317 e. The van der Waals surface area contributed by atoms with E-state index >= 15 is 0 Å². The second kappa shape index (κ2) is 24.6. The SMILES string of the molecule is COc1cc2c(cc1-c1cccc(/C(C)=N/OCCNC(=O)CN3CCN(CC(=O)O)CCN(CC(=O)O)CCN(CC(=O)O)CC3)c1)-c1c(c(C(=O)N3CCOCC3(C)C)nn1-c1cc(Cl)cc(Cl)c1)CO2. The van der Waals surface area contributed by atoms with Gasteiger partial charge in [-0.05, 0) is 62.2 Å². The number of methoxy groups -OCH3 is 1. The first-order chi connectivity index (χ1) is 34.9. The minimum absolute atomic E-state index is 0.0367. The van der Waals surface area contributed by atoms with Crippen LogP contribution in [0.4, 0.5) is 0 Å². The number of fused-ring (bicyclic) bond motifs is 3. The van der Waals surface area contributed by atoms with Crippen molar-refractivity contribution >= 4 is 58.6 Å². The Morgan fingerprint density at radius 3 is 1.93 bits per heavy atom. The van der Waals surface area contributed by atoms with Crippen molar-refractivity contribution in [2.75, 3.05) is 119 Å². The van der Waals surface area contributed by atoms with Crippen molar-refractivity contribution < 1.29 is 58.3 Å². The first kappa shape index (κ1) is 54.4. The number of benzene rings is 3. The number of halogens is 2. The summed E-state index contributed by atoms with van der Waals surface area (Å²) in [5.74, 6) is -2.60. The molecule has 7 rings (SSSR count). The predicted octanol–water partition coefficient (Wildman–Crippen LogP) is 4.00. The molecule has 2 amide bonds. The van der Waals surface area contributed by atoms with E-state index in [2.05, 4.69) is 10.5 Å². The molecule has 0 spiro atoms. The van der Waals surface area contributed by atoms with Crippen LogP contribution in [0.3, 0.4) is 0 Å². The molecular weight excluding hydrogens is 990 g/mol. The number of carbonyl (C=O) groups excluding carboxylic acids is 2. The Balaban J connectivity index is 1.04. The fraction of sp³-hybridized carbons (Fsp3) is 0.460. The number of oxime groups is 1. The highest BCUT2D eigenvalue weighted by atomic mass is 35.5. The molecule has 2 saturated heterocycles. The van der Waals surface area contributed by atoms with E-state index in [1.54, 1.807) is 56.5 Å². The molecule has 1 aromatic heterocycles. The number of nitrogens with zero attached hydrogens (tertiary/aromatic N) is 8. The number of rotatable bonds is 17. The number of hydrogen-bond donors (Lipinski definition) is 4.